The van der Waals surface area contributed by atoms with E-state index in [4.69, 9.17) is 4.74 Å². The third-order valence-corrected chi connectivity index (χ3v) is 5.01. The van der Waals surface area contributed by atoms with Crippen LogP contribution in [0, 0.1) is 5.92 Å². The van der Waals surface area contributed by atoms with E-state index in [0.717, 1.165) is 6.42 Å². The molecular weight excluding hydrogens is 288 g/mol. The van der Waals surface area contributed by atoms with Gasteiger partial charge in [0.15, 0.2) is 0 Å². The first-order valence-corrected chi connectivity index (χ1v) is 8.81. The van der Waals surface area contributed by atoms with Crippen LogP contribution in [-0.2, 0) is 9.53 Å². The van der Waals surface area contributed by atoms with Gasteiger partial charge in [0.2, 0.25) is 5.91 Å². The van der Waals surface area contributed by atoms with Gasteiger partial charge in [-0.05, 0) is 39.5 Å². The average Bonchev–Trinajstić information content (AvgIpc) is 2.96. The van der Waals surface area contributed by atoms with Gasteiger partial charge in [-0.3, -0.25) is 9.69 Å². The molecule has 21 heavy (non-hydrogen) atoms. The van der Waals surface area contributed by atoms with Gasteiger partial charge in [-0.15, -0.1) is 11.8 Å². The third kappa shape index (κ3) is 4.28. The largest absolute Gasteiger partial charge is 0.444 e. The van der Waals surface area contributed by atoms with Crippen molar-refractivity contribution in [2.45, 2.75) is 64.6 Å². The lowest BCUT2D eigenvalue weighted by Crippen LogP contribution is -2.51. The van der Waals surface area contributed by atoms with E-state index in [-0.39, 0.29) is 11.9 Å². The van der Waals surface area contributed by atoms with Crippen molar-refractivity contribution in [3.05, 3.63) is 0 Å². The van der Waals surface area contributed by atoms with E-state index < -0.39 is 17.7 Å². The molecule has 2 rings (SSSR count). The minimum absolute atomic E-state index is 0.0374. The summed E-state index contributed by atoms with van der Waals surface area (Å²) in [5, 5.41) is 3.12. The Balaban J connectivity index is 1.94. The Morgan fingerprint density at radius 1 is 1.29 bits per heavy atom. The van der Waals surface area contributed by atoms with Crippen molar-refractivity contribution < 1.29 is 14.3 Å². The van der Waals surface area contributed by atoms with Crippen molar-refractivity contribution in [3.8, 4) is 0 Å². The summed E-state index contributed by atoms with van der Waals surface area (Å²) in [6, 6.07) is -0.152. The summed E-state index contributed by atoms with van der Waals surface area (Å²) in [5.41, 5.74) is -0.536. The van der Waals surface area contributed by atoms with Crippen LogP contribution in [0.15, 0.2) is 0 Å². The first-order valence-electron chi connectivity index (χ1n) is 7.65. The van der Waals surface area contributed by atoms with Gasteiger partial charge in [0.05, 0.1) is 5.88 Å². The number of hydrogen-bond donors (Lipinski definition) is 1. The molecule has 1 heterocycles. The Kier molecular flexibility index (Phi) is 5.07. The molecule has 6 heteroatoms. The van der Waals surface area contributed by atoms with Gasteiger partial charge in [-0.2, -0.15) is 0 Å². The van der Waals surface area contributed by atoms with Crippen LogP contribution in [0.2, 0.25) is 0 Å². The van der Waals surface area contributed by atoms with Crippen LogP contribution < -0.4 is 5.32 Å². The quantitative estimate of drug-likeness (QED) is 0.851. The molecule has 1 saturated carbocycles. The third-order valence-electron chi connectivity index (χ3n) is 4.00. The molecule has 0 bridgehead atoms. The van der Waals surface area contributed by atoms with Crippen molar-refractivity contribution in [1.82, 2.24) is 10.2 Å². The fraction of sp³-hybridized carbons (Fsp3) is 0.867. The van der Waals surface area contributed by atoms with E-state index >= 15 is 0 Å². The van der Waals surface area contributed by atoms with Crippen LogP contribution in [0.1, 0.15) is 47.0 Å². The number of carbonyl (C=O) groups excluding carboxylic acids is 2. The topological polar surface area (TPSA) is 58.6 Å². The van der Waals surface area contributed by atoms with Crippen LogP contribution in [0.25, 0.3) is 0 Å². The fourth-order valence-corrected chi connectivity index (χ4v) is 3.94. The fourth-order valence-electron chi connectivity index (χ4n) is 2.80. The van der Waals surface area contributed by atoms with Gasteiger partial charge < -0.3 is 10.1 Å². The second-order valence-electron chi connectivity index (χ2n) is 6.99. The second-order valence-corrected chi connectivity index (χ2v) is 7.99. The van der Waals surface area contributed by atoms with Crippen molar-refractivity contribution in [3.63, 3.8) is 0 Å². The number of ether oxygens (including phenoxy) is 1. The highest BCUT2D eigenvalue weighted by atomic mass is 32.2. The molecular formula is C15H26N2O3S. The predicted octanol–water partition coefficient (Wildman–Crippen LogP) is 2.60. The molecule has 2 aliphatic rings. The smallest absolute Gasteiger partial charge is 0.411 e. The summed E-state index contributed by atoms with van der Waals surface area (Å²) < 4.78 is 5.39. The normalized spacial score (nSPS) is 29.5. The lowest BCUT2D eigenvalue weighted by Gasteiger charge is -2.28. The van der Waals surface area contributed by atoms with Gasteiger partial charge in [-0.1, -0.05) is 13.3 Å². The monoisotopic (exact) mass is 314 g/mol. The molecule has 0 aromatic heterocycles. The maximum absolute atomic E-state index is 12.5. The molecule has 1 N–H and O–H groups in total. The standard InChI is InChI=1S/C15H26N2O3S/c1-10-6-5-7-11(10)16-13(18)12-8-21-9-17(12)14(19)20-15(2,3)4/h10-12H,5-9H2,1-4H3,(H,16,18)/t10-,11+,12+/m1/s1. The van der Waals surface area contributed by atoms with E-state index in [9.17, 15) is 9.59 Å². The molecule has 0 radical (unpaired) electrons. The minimum atomic E-state index is -0.536. The predicted molar refractivity (Wildman–Crippen MR) is 84.1 cm³/mol. The summed E-state index contributed by atoms with van der Waals surface area (Å²) in [6.45, 7) is 7.68. The van der Waals surface area contributed by atoms with Crippen LogP contribution in [-0.4, -0.2) is 46.2 Å². The Morgan fingerprint density at radius 3 is 2.57 bits per heavy atom. The number of thioether (sulfide) groups is 1. The zero-order valence-corrected chi connectivity index (χ0v) is 14.2. The molecule has 2 fully saturated rings. The Hall–Kier alpha value is -0.910. The van der Waals surface area contributed by atoms with Crippen LogP contribution in [0.5, 0.6) is 0 Å². The summed E-state index contributed by atoms with van der Waals surface area (Å²) in [7, 11) is 0. The molecule has 0 unspecified atom stereocenters. The van der Waals surface area contributed by atoms with E-state index in [2.05, 4.69) is 12.2 Å². The molecule has 0 aromatic rings. The average molecular weight is 314 g/mol. The lowest BCUT2D eigenvalue weighted by molar-refractivity contribution is -0.126. The maximum Gasteiger partial charge on any atom is 0.411 e. The zero-order chi connectivity index (χ0) is 15.6. The number of rotatable bonds is 2. The van der Waals surface area contributed by atoms with Gasteiger partial charge in [0.25, 0.3) is 0 Å². The maximum atomic E-state index is 12.5. The van der Waals surface area contributed by atoms with Crippen molar-refractivity contribution in [2.24, 2.45) is 5.92 Å². The highest BCUT2D eigenvalue weighted by Gasteiger charge is 2.38. The molecule has 1 aliphatic heterocycles. The lowest BCUT2D eigenvalue weighted by atomic mass is 10.1. The van der Waals surface area contributed by atoms with Crippen molar-refractivity contribution in [2.75, 3.05) is 11.6 Å². The summed E-state index contributed by atoms with van der Waals surface area (Å²) in [5.74, 6) is 1.65. The number of amides is 2. The molecule has 1 aliphatic carbocycles. The van der Waals surface area contributed by atoms with Gasteiger partial charge in [-0.25, -0.2) is 4.79 Å². The van der Waals surface area contributed by atoms with E-state index in [0.29, 0.717) is 17.5 Å². The Morgan fingerprint density at radius 2 is 2.00 bits per heavy atom. The molecule has 1 saturated heterocycles. The summed E-state index contributed by atoms with van der Waals surface area (Å²) in [4.78, 5) is 26.2. The molecule has 0 spiro atoms. The molecule has 0 aromatic carbocycles. The second kappa shape index (κ2) is 6.46. The van der Waals surface area contributed by atoms with Crippen LogP contribution >= 0.6 is 11.8 Å². The van der Waals surface area contributed by atoms with Crippen molar-refractivity contribution >= 4 is 23.8 Å². The van der Waals surface area contributed by atoms with E-state index in [1.54, 1.807) is 16.7 Å². The molecule has 5 nitrogen and oxygen atoms in total. The molecule has 2 amide bonds. The SMILES string of the molecule is C[C@@H]1CCC[C@@H]1NC(=O)[C@@H]1CSCN1C(=O)OC(C)(C)C. The highest BCUT2D eigenvalue weighted by molar-refractivity contribution is 7.99. The van der Waals surface area contributed by atoms with Crippen molar-refractivity contribution in [1.29, 1.82) is 0 Å². The number of nitrogens with zero attached hydrogens (tertiary/aromatic N) is 1. The number of nitrogens with one attached hydrogen (secondary N) is 1. The number of carbonyl (C=O) groups is 2. The number of hydrogen-bond acceptors (Lipinski definition) is 4. The summed E-state index contributed by atoms with van der Waals surface area (Å²) >= 11 is 1.60. The van der Waals surface area contributed by atoms with Gasteiger partial charge in [0, 0.05) is 11.8 Å². The van der Waals surface area contributed by atoms with Gasteiger partial charge >= 0.3 is 6.09 Å². The molecule has 120 valence electrons. The Bertz CT molecular complexity index is 408. The van der Waals surface area contributed by atoms with E-state index in [1.165, 1.54) is 12.8 Å². The van der Waals surface area contributed by atoms with Gasteiger partial charge in [0.1, 0.15) is 11.6 Å². The van der Waals surface area contributed by atoms with E-state index in [1.807, 2.05) is 20.8 Å². The molecule has 3 atom stereocenters. The minimum Gasteiger partial charge on any atom is -0.444 e. The van der Waals surface area contributed by atoms with Crippen LogP contribution in [0.3, 0.4) is 0 Å². The first kappa shape index (κ1) is 16.5. The van der Waals surface area contributed by atoms with Crippen LogP contribution in [0.4, 0.5) is 4.79 Å². The summed E-state index contributed by atoms with van der Waals surface area (Å²) in [6.07, 6.45) is 2.98. The highest BCUT2D eigenvalue weighted by Crippen LogP contribution is 2.27. The first-order chi connectivity index (χ1) is 9.78. The Labute approximate surface area is 131 Å². The zero-order valence-electron chi connectivity index (χ0n) is 13.3.